The number of halogens is 1. The predicted molar refractivity (Wildman–Crippen MR) is 237 cm³/mol. The average Bonchev–Trinajstić information content (AvgIpc) is 3.18. The Morgan fingerprint density at radius 2 is 0.836 bits per heavy atom. The molecule has 7 heteroatoms. The fraction of sp³-hybridized carbons (Fsp3) is 0.458. The SMILES string of the molecule is CC(=O)C1CCC(O)CC1.CC(=O)C1CCC(O[Si](c2ccccc2)(c2ccccc2)C(C)(C)C)CC1.CC(C)(C)[Si](Cl)(c1ccccc1)c1ccccc1. The lowest BCUT2D eigenvalue weighted by Crippen LogP contribution is -2.67. The van der Waals surface area contributed by atoms with Gasteiger partial charge in [-0.25, -0.2) is 0 Å². The van der Waals surface area contributed by atoms with E-state index < -0.39 is 15.7 Å². The van der Waals surface area contributed by atoms with Crippen LogP contribution in [-0.4, -0.2) is 44.6 Å². The monoisotopic (exact) mass is 796 g/mol. The maximum atomic E-state index is 11.8. The molecule has 55 heavy (non-hydrogen) atoms. The van der Waals surface area contributed by atoms with Crippen LogP contribution in [-0.2, 0) is 14.0 Å². The first-order valence-electron chi connectivity index (χ1n) is 20.3. The van der Waals surface area contributed by atoms with Gasteiger partial charge in [0.1, 0.15) is 11.6 Å². The Morgan fingerprint density at radius 1 is 0.527 bits per heavy atom. The smallest absolute Gasteiger partial charge is 0.261 e. The van der Waals surface area contributed by atoms with E-state index in [9.17, 15) is 9.59 Å². The van der Waals surface area contributed by atoms with Crippen LogP contribution in [0.15, 0.2) is 121 Å². The number of benzene rings is 4. The number of carbonyl (C=O) groups excluding carboxylic acids is 2. The molecule has 2 saturated carbocycles. The van der Waals surface area contributed by atoms with Crippen molar-refractivity contribution < 1.29 is 19.1 Å². The highest BCUT2D eigenvalue weighted by molar-refractivity contribution is 7.35. The number of rotatable bonds is 8. The van der Waals surface area contributed by atoms with Crippen molar-refractivity contribution in [1.29, 1.82) is 0 Å². The van der Waals surface area contributed by atoms with Crippen LogP contribution in [0.4, 0.5) is 0 Å². The van der Waals surface area contributed by atoms with E-state index in [1.54, 1.807) is 13.8 Å². The minimum atomic E-state index is -2.47. The van der Waals surface area contributed by atoms with Crippen molar-refractivity contribution in [1.82, 2.24) is 0 Å². The molecule has 2 fully saturated rings. The van der Waals surface area contributed by atoms with Crippen LogP contribution in [0.5, 0.6) is 0 Å². The van der Waals surface area contributed by atoms with Gasteiger partial charge in [0.05, 0.1) is 6.10 Å². The normalized spacial score (nSPS) is 20.5. The summed E-state index contributed by atoms with van der Waals surface area (Å²) in [7, 11) is -4.70. The molecular formula is C48H65ClO4Si2. The van der Waals surface area contributed by atoms with Crippen LogP contribution < -0.4 is 20.7 Å². The number of ketones is 2. The summed E-state index contributed by atoms with van der Waals surface area (Å²) in [6.45, 7) is 17.1. The third-order valence-electron chi connectivity index (χ3n) is 11.7. The average molecular weight is 798 g/mol. The summed E-state index contributed by atoms with van der Waals surface area (Å²) in [4.78, 5) is 22.6. The van der Waals surface area contributed by atoms with Gasteiger partial charge >= 0.3 is 0 Å². The van der Waals surface area contributed by atoms with E-state index in [4.69, 9.17) is 20.6 Å². The number of aliphatic hydroxyl groups is 1. The van der Waals surface area contributed by atoms with Crippen LogP contribution in [0.3, 0.4) is 0 Å². The molecule has 296 valence electrons. The summed E-state index contributed by atoms with van der Waals surface area (Å²) < 4.78 is 7.17. The summed E-state index contributed by atoms with van der Waals surface area (Å²) in [5.74, 6) is 1.08. The third-order valence-corrected chi connectivity index (χ3v) is 24.1. The van der Waals surface area contributed by atoms with Crippen LogP contribution >= 0.6 is 11.1 Å². The molecule has 0 atom stereocenters. The van der Waals surface area contributed by atoms with Crippen molar-refractivity contribution in [3.63, 3.8) is 0 Å². The molecule has 0 spiro atoms. The quantitative estimate of drug-likeness (QED) is 0.143. The lowest BCUT2D eigenvalue weighted by atomic mass is 9.85. The number of hydrogen-bond acceptors (Lipinski definition) is 4. The first kappa shape index (κ1) is 44.6. The highest BCUT2D eigenvalue weighted by atomic mass is 35.6. The lowest BCUT2D eigenvalue weighted by molar-refractivity contribution is -0.123. The van der Waals surface area contributed by atoms with Crippen molar-refractivity contribution in [3.05, 3.63) is 121 Å². The minimum Gasteiger partial charge on any atom is -0.404 e. The Balaban J connectivity index is 0.000000205. The standard InChI is InChI=1S/C24H32O2Si.C16H19ClSi.C8H14O2/c1-19(25)20-15-17-21(18-16-20)26-27(24(2,3)4,22-11-7-5-8-12-22)23-13-9-6-10-14-23;1-16(2,3)18(17,14-10-6-4-7-11-14)15-12-8-5-9-13-15;1-6(9)7-2-4-8(10)5-3-7/h5-14,20-21H,15-18H2,1-4H3;4-13H,1-3H3;7-8,10H,2-5H2,1H3. The van der Waals surface area contributed by atoms with Gasteiger partial charge in [-0.1, -0.05) is 163 Å². The molecule has 4 aromatic carbocycles. The zero-order valence-corrected chi connectivity index (χ0v) is 37.3. The molecule has 4 aromatic rings. The van der Waals surface area contributed by atoms with E-state index in [2.05, 4.69) is 151 Å². The summed E-state index contributed by atoms with van der Waals surface area (Å²) in [5.41, 5.74) is 0. The maximum absolute atomic E-state index is 11.8. The van der Waals surface area contributed by atoms with E-state index >= 15 is 0 Å². The molecule has 4 nitrogen and oxygen atoms in total. The van der Waals surface area contributed by atoms with Crippen molar-refractivity contribution in [3.8, 4) is 0 Å². The maximum Gasteiger partial charge on any atom is 0.261 e. The largest absolute Gasteiger partial charge is 0.404 e. The summed E-state index contributed by atoms with van der Waals surface area (Å²) in [5, 5.41) is 14.4. The minimum absolute atomic E-state index is 0.00707. The van der Waals surface area contributed by atoms with Gasteiger partial charge in [-0.05, 0) is 96.0 Å². The van der Waals surface area contributed by atoms with E-state index in [0.29, 0.717) is 5.78 Å². The van der Waals surface area contributed by atoms with Gasteiger partial charge in [0.15, 0.2) is 0 Å². The summed E-state index contributed by atoms with van der Waals surface area (Å²) in [6.07, 6.45) is 7.35. The molecule has 0 aliphatic heterocycles. The molecule has 1 N–H and O–H groups in total. The Bertz CT molecular complexity index is 1660. The number of Topliss-reactive ketones (excluding diaryl/α,β-unsaturated/α-hetero) is 2. The Kier molecular flexibility index (Phi) is 16.1. The van der Waals surface area contributed by atoms with E-state index in [0.717, 1.165) is 51.4 Å². The molecule has 0 saturated heterocycles. The van der Waals surface area contributed by atoms with Gasteiger partial charge in [0.25, 0.3) is 8.32 Å². The second kappa shape index (κ2) is 19.8. The first-order chi connectivity index (χ1) is 26.0. The molecule has 2 aliphatic rings. The van der Waals surface area contributed by atoms with Gasteiger partial charge in [-0.2, -0.15) is 11.1 Å². The van der Waals surface area contributed by atoms with Crippen molar-refractivity contribution in [2.45, 2.75) is 129 Å². The fourth-order valence-corrected chi connectivity index (χ4v) is 17.3. The fourth-order valence-electron chi connectivity index (χ4n) is 8.38. The predicted octanol–water partition coefficient (Wildman–Crippen LogP) is 9.62. The van der Waals surface area contributed by atoms with Gasteiger partial charge in [-0.3, -0.25) is 9.59 Å². The summed E-state index contributed by atoms with van der Waals surface area (Å²) in [6, 6.07) is 42.7. The highest BCUT2D eigenvalue weighted by Gasteiger charge is 2.51. The second-order valence-electron chi connectivity index (χ2n) is 17.6. The van der Waals surface area contributed by atoms with Gasteiger partial charge in [-0.15, -0.1) is 0 Å². The first-order valence-corrected chi connectivity index (χ1v) is 25.2. The van der Waals surface area contributed by atoms with Crippen LogP contribution in [0, 0.1) is 11.8 Å². The number of carbonyl (C=O) groups is 2. The molecule has 0 heterocycles. The molecule has 0 aromatic heterocycles. The van der Waals surface area contributed by atoms with Crippen molar-refractivity contribution >= 4 is 59.1 Å². The zero-order valence-electron chi connectivity index (χ0n) is 34.6. The van der Waals surface area contributed by atoms with Gasteiger partial charge in [0.2, 0.25) is 7.38 Å². The Labute approximate surface area is 338 Å². The summed E-state index contributed by atoms with van der Waals surface area (Å²) >= 11 is 7.21. The number of aliphatic hydroxyl groups excluding tert-OH is 1. The molecular weight excluding hydrogens is 732 g/mol. The molecule has 0 unspecified atom stereocenters. The zero-order chi connectivity index (χ0) is 40.3. The second-order valence-corrected chi connectivity index (χ2v) is 27.5. The van der Waals surface area contributed by atoms with Crippen molar-refractivity contribution in [2.75, 3.05) is 0 Å². The highest BCUT2D eigenvalue weighted by Crippen LogP contribution is 2.40. The molecule has 0 radical (unpaired) electrons. The molecule has 0 bridgehead atoms. The van der Waals surface area contributed by atoms with Gasteiger partial charge in [0, 0.05) is 17.9 Å². The molecule has 2 aliphatic carbocycles. The van der Waals surface area contributed by atoms with Crippen LogP contribution in [0.1, 0.15) is 107 Å². The lowest BCUT2D eigenvalue weighted by Gasteiger charge is -2.46. The van der Waals surface area contributed by atoms with Crippen molar-refractivity contribution in [2.24, 2.45) is 11.8 Å². The Morgan fingerprint density at radius 3 is 1.13 bits per heavy atom. The molecule has 0 amide bonds. The topological polar surface area (TPSA) is 63.6 Å². The number of hydrogen-bond donors (Lipinski definition) is 1. The Hall–Kier alpha value is -3.14. The van der Waals surface area contributed by atoms with E-state index in [1.165, 1.54) is 20.7 Å². The van der Waals surface area contributed by atoms with Crippen LogP contribution in [0.2, 0.25) is 10.1 Å². The van der Waals surface area contributed by atoms with E-state index in [-0.39, 0.29) is 39.9 Å². The molecule has 6 rings (SSSR count). The third kappa shape index (κ3) is 11.3. The van der Waals surface area contributed by atoms with Gasteiger partial charge < -0.3 is 9.53 Å². The van der Waals surface area contributed by atoms with Crippen LogP contribution in [0.25, 0.3) is 0 Å². The van der Waals surface area contributed by atoms with E-state index in [1.807, 2.05) is 12.1 Å².